The molecule has 1 aliphatic rings. The lowest BCUT2D eigenvalue weighted by atomic mass is 9.85. The lowest BCUT2D eigenvalue weighted by molar-refractivity contribution is -0.122. The molecule has 5 heteroatoms. The Morgan fingerprint density at radius 1 is 1.40 bits per heavy atom. The fraction of sp³-hybridized carbons (Fsp3) is 0.533. The quantitative estimate of drug-likeness (QED) is 0.866. The van der Waals surface area contributed by atoms with Gasteiger partial charge in [0.2, 0.25) is 5.91 Å². The first-order chi connectivity index (χ1) is 9.60. The van der Waals surface area contributed by atoms with Crippen LogP contribution in [0.25, 0.3) is 0 Å². The third-order valence-electron chi connectivity index (χ3n) is 3.97. The molecule has 1 aromatic rings. The number of carbonyl (C=O) groups excluding carboxylic acids is 1. The average Bonchev–Trinajstić information content (AvgIpc) is 2.46. The number of hydrogen-bond donors (Lipinski definition) is 2. The predicted molar refractivity (Wildman–Crippen MR) is 74.7 cm³/mol. The second-order valence-electron chi connectivity index (χ2n) is 5.29. The van der Waals surface area contributed by atoms with Crippen LogP contribution in [0, 0.1) is 11.7 Å². The molecule has 1 aliphatic carbocycles. The van der Waals surface area contributed by atoms with E-state index in [0.717, 1.165) is 25.7 Å². The van der Waals surface area contributed by atoms with Crippen molar-refractivity contribution >= 4 is 5.91 Å². The molecular weight excluding hydrogens is 259 g/mol. The van der Waals surface area contributed by atoms with Crippen LogP contribution in [0.1, 0.15) is 31.2 Å². The van der Waals surface area contributed by atoms with Gasteiger partial charge in [0.15, 0.2) is 0 Å². The van der Waals surface area contributed by atoms with Gasteiger partial charge < -0.3 is 15.8 Å². The lowest BCUT2D eigenvalue weighted by Crippen LogP contribution is -2.36. The molecule has 3 N–H and O–H groups in total. The SMILES string of the molecule is COc1ccc(CNC2CCC(C(N)=O)CC2)c(F)c1. The molecule has 0 aliphatic heterocycles. The van der Waals surface area contributed by atoms with Crippen molar-refractivity contribution in [1.82, 2.24) is 5.32 Å². The molecule has 1 fully saturated rings. The molecule has 0 radical (unpaired) electrons. The summed E-state index contributed by atoms with van der Waals surface area (Å²) in [6.45, 7) is 0.488. The highest BCUT2D eigenvalue weighted by Gasteiger charge is 2.24. The number of methoxy groups -OCH3 is 1. The summed E-state index contributed by atoms with van der Waals surface area (Å²) in [7, 11) is 1.52. The number of amides is 1. The maximum Gasteiger partial charge on any atom is 0.220 e. The minimum absolute atomic E-state index is 0.00534. The summed E-state index contributed by atoms with van der Waals surface area (Å²) in [5.41, 5.74) is 5.93. The van der Waals surface area contributed by atoms with E-state index in [1.807, 2.05) is 0 Å². The maximum absolute atomic E-state index is 13.8. The fourth-order valence-corrected chi connectivity index (χ4v) is 2.63. The van der Waals surface area contributed by atoms with Gasteiger partial charge in [0, 0.05) is 30.1 Å². The van der Waals surface area contributed by atoms with Crippen LogP contribution < -0.4 is 15.8 Å². The van der Waals surface area contributed by atoms with Gasteiger partial charge in [0.1, 0.15) is 11.6 Å². The Balaban J connectivity index is 1.83. The van der Waals surface area contributed by atoms with Gasteiger partial charge >= 0.3 is 0 Å². The van der Waals surface area contributed by atoms with Crippen LogP contribution in [0.15, 0.2) is 18.2 Å². The lowest BCUT2D eigenvalue weighted by Gasteiger charge is -2.27. The maximum atomic E-state index is 13.8. The van der Waals surface area contributed by atoms with Crippen LogP contribution in [-0.4, -0.2) is 19.1 Å². The van der Waals surface area contributed by atoms with E-state index in [2.05, 4.69) is 5.32 Å². The molecule has 0 unspecified atom stereocenters. The van der Waals surface area contributed by atoms with Crippen molar-refractivity contribution in [2.75, 3.05) is 7.11 Å². The number of carbonyl (C=O) groups is 1. The Labute approximate surface area is 118 Å². The zero-order chi connectivity index (χ0) is 14.5. The van der Waals surface area contributed by atoms with E-state index in [1.165, 1.54) is 13.2 Å². The van der Waals surface area contributed by atoms with Crippen molar-refractivity contribution in [1.29, 1.82) is 0 Å². The van der Waals surface area contributed by atoms with Gasteiger partial charge in [-0.05, 0) is 31.7 Å². The molecule has 0 bridgehead atoms. The zero-order valence-electron chi connectivity index (χ0n) is 11.7. The molecule has 0 heterocycles. The third-order valence-corrected chi connectivity index (χ3v) is 3.97. The molecule has 0 saturated heterocycles. The first kappa shape index (κ1) is 14.8. The number of rotatable bonds is 5. The highest BCUT2D eigenvalue weighted by atomic mass is 19.1. The Kier molecular flexibility index (Phi) is 4.95. The topological polar surface area (TPSA) is 64.3 Å². The number of ether oxygens (including phenoxy) is 1. The summed E-state index contributed by atoms with van der Waals surface area (Å²) in [6.07, 6.45) is 3.45. The first-order valence-corrected chi connectivity index (χ1v) is 6.95. The Hall–Kier alpha value is -1.62. The number of nitrogens with one attached hydrogen (secondary N) is 1. The predicted octanol–water partition coefficient (Wildman–Crippen LogP) is 1.97. The van der Waals surface area contributed by atoms with E-state index in [-0.39, 0.29) is 17.6 Å². The number of halogens is 1. The van der Waals surface area contributed by atoms with Gasteiger partial charge in [-0.25, -0.2) is 4.39 Å². The second-order valence-corrected chi connectivity index (χ2v) is 5.29. The van der Waals surface area contributed by atoms with Crippen molar-refractivity contribution in [3.8, 4) is 5.75 Å². The van der Waals surface area contributed by atoms with E-state index in [0.29, 0.717) is 23.9 Å². The normalized spacial score (nSPS) is 22.5. The molecule has 20 heavy (non-hydrogen) atoms. The standard InChI is InChI=1S/C15H21FN2O2/c1-20-13-7-4-11(14(16)8-13)9-18-12-5-2-10(3-6-12)15(17)19/h4,7-8,10,12,18H,2-3,5-6,9H2,1H3,(H2,17,19). The summed E-state index contributed by atoms with van der Waals surface area (Å²) in [6, 6.07) is 5.20. The molecule has 110 valence electrons. The van der Waals surface area contributed by atoms with E-state index in [1.54, 1.807) is 12.1 Å². The molecule has 1 saturated carbocycles. The highest BCUT2D eigenvalue weighted by Crippen LogP contribution is 2.24. The van der Waals surface area contributed by atoms with Crippen LogP contribution >= 0.6 is 0 Å². The first-order valence-electron chi connectivity index (χ1n) is 6.95. The van der Waals surface area contributed by atoms with Gasteiger partial charge in [-0.3, -0.25) is 4.79 Å². The molecule has 1 amide bonds. The minimum Gasteiger partial charge on any atom is -0.497 e. The molecule has 2 rings (SSSR count). The van der Waals surface area contributed by atoms with Crippen LogP contribution in [0.2, 0.25) is 0 Å². The summed E-state index contributed by atoms with van der Waals surface area (Å²) in [4.78, 5) is 11.1. The summed E-state index contributed by atoms with van der Waals surface area (Å²) in [5.74, 6) is 0.0614. The van der Waals surface area contributed by atoms with Gasteiger partial charge in [-0.1, -0.05) is 6.07 Å². The van der Waals surface area contributed by atoms with Crippen LogP contribution in [0.5, 0.6) is 5.75 Å². The number of hydrogen-bond acceptors (Lipinski definition) is 3. The van der Waals surface area contributed by atoms with Crippen molar-refractivity contribution in [2.45, 2.75) is 38.3 Å². The van der Waals surface area contributed by atoms with Crippen molar-refractivity contribution in [3.63, 3.8) is 0 Å². The molecule has 0 aromatic heterocycles. The molecule has 0 spiro atoms. The summed E-state index contributed by atoms with van der Waals surface area (Å²) >= 11 is 0. The number of primary amides is 1. The summed E-state index contributed by atoms with van der Waals surface area (Å²) in [5, 5.41) is 3.34. The third kappa shape index (κ3) is 3.70. The number of nitrogens with two attached hydrogens (primary N) is 1. The Morgan fingerprint density at radius 3 is 2.65 bits per heavy atom. The van der Waals surface area contributed by atoms with E-state index in [9.17, 15) is 9.18 Å². The Bertz CT molecular complexity index is 471. The van der Waals surface area contributed by atoms with E-state index < -0.39 is 0 Å². The number of benzene rings is 1. The monoisotopic (exact) mass is 280 g/mol. The second kappa shape index (κ2) is 6.70. The van der Waals surface area contributed by atoms with Crippen LogP contribution in [0.3, 0.4) is 0 Å². The van der Waals surface area contributed by atoms with Gasteiger partial charge in [-0.15, -0.1) is 0 Å². The summed E-state index contributed by atoms with van der Waals surface area (Å²) < 4.78 is 18.8. The van der Waals surface area contributed by atoms with Crippen molar-refractivity contribution in [3.05, 3.63) is 29.6 Å². The largest absolute Gasteiger partial charge is 0.497 e. The molecule has 0 atom stereocenters. The van der Waals surface area contributed by atoms with Crippen LogP contribution in [0.4, 0.5) is 4.39 Å². The molecular formula is C15H21FN2O2. The minimum atomic E-state index is -0.261. The Morgan fingerprint density at radius 2 is 2.10 bits per heavy atom. The van der Waals surface area contributed by atoms with Crippen molar-refractivity contribution < 1.29 is 13.9 Å². The van der Waals surface area contributed by atoms with E-state index >= 15 is 0 Å². The zero-order valence-corrected chi connectivity index (χ0v) is 11.7. The molecule has 1 aromatic carbocycles. The van der Waals surface area contributed by atoms with Crippen molar-refractivity contribution in [2.24, 2.45) is 11.7 Å². The van der Waals surface area contributed by atoms with Gasteiger partial charge in [-0.2, -0.15) is 0 Å². The van der Waals surface area contributed by atoms with E-state index in [4.69, 9.17) is 10.5 Å². The smallest absolute Gasteiger partial charge is 0.220 e. The van der Waals surface area contributed by atoms with Gasteiger partial charge in [0.05, 0.1) is 7.11 Å². The van der Waals surface area contributed by atoms with Crippen LogP contribution in [-0.2, 0) is 11.3 Å². The molecule has 4 nitrogen and oxygen atoms in total. The van der Waals surface area contributed by atoms with Gasteiger partial charge in [0.25, 0.3) is 0 Å². The average molecular weight is 280 g/mol. The fourth-order valence-electron chi connectivity index (χ4n) is 2.63. The highest BCUT2D eigenvalue weighted by molar-refractivity contribution is 5.76.